The summed E-state index contributed by atoms with van der Waals surface area (Å²) in [6.45, 7) is 2.04. The first-order chi connectivity index (χ1) is 9.99. The summed E-state index contributed by atoms with van der Waals surface area (Å²) in [4.78, 5) is 20.8. The molecule has 0 N–H and O–H groups in total. The minimum absolute atomic E-state index is 0.0252. The van der Waals surface area contributed by atoms with Crippen LogP contribution in [0.3, 0.4) is 0 Å². The predicted molar refractivity (Wildman–Crippen MR) is 69.1 cm³/mol. The Morgan fingerprint density at radius 1 is 1.33 bits per heavy atom. The van der Waals surface area contributed by atoms with Gasteiger partial charge >= 0.3 is 17.7 Å². The topological polar surface area (TPSA) is 100 Å². The summed E-state index contributed by atoms with van der Waals surface area (Å²) < 4.78 is 23.7. The van der Waals surface area contributed by atoms with Crippen LogP contribution in [0.15, 0.2) is 18.2 Å². The third kappa shape index (κ3) is 3.72. The van der Waals surface area contributed by atoms with Crippen LogP contribution >= 0.6 is 11.6 Å². The number of nitrogens with zero attached hydrogens (tertiary/aromatic N) is 4. The molecule has 8 nitrogen and oxygen atoms in total. The third-order valence-electron chi connectivity index (χ3n) is 2.17. The molecule has 0 saturated heterocycles. The molecule has 0 bridgehead atoms. The van der Waals surface area contributed by atoms with Gasteiger partial charge in [0.15, 0.2) is 0 Å². The fourth-order valence-electron chi connectivity index (χ4n) is 1.36. The Hall–Kier alpha value is -2.55. The largest absolute Gasteiger partial charge is 0.464 e. The van der Waals surface area contributed by atoms with Crippen LogP contribution in [0, 0.1) is 15.9 Å². The maximum absolute atomic E-state index is 13.5. The fourth-order valence-corrected chi connectivity index (χ4v) is 1.50. The van der Waals surface area contributed by atoms with Crippen LogP contribution in [0.2, 0.25) is 5.28 Å². The monoisotopic (exact) mass is 314 g/mol. The van der Waals surface area contributed by atoms with Gasteiger partial charge in [0.2, 0.25) is 11.1 Å². The Labute approximate surface area is 122 Å². The first-order valence-electron chi connectivity index (χ1n) is 5.65. The molecule has 0 radical (unpaired) electrons. The van der Waals surface area contributed by atoms with Gasteiger partial charge in [0.05, 0.1) is 11.5 Å². The Bertz CT molecular complexity index is 685. The highest BCUT2D eigenvalue weighted by Gasteiger charge is 2.15. The van der Waals surface area contributed by atoms with Gasteiger partial charge in [0, 0.05) is 12.1 Å². The highest BCUT2D eigenvalue weighted by Crippen LogP contribution is 2.26. The number of benzene rings is 1. The van der Waals surface area contributed by atoms with Gasteiger partial charge in [-0.15, -0.1) is 4.98 Å². The summed E-state index contributed by atoms with van der Waals surface area (Å²) in [6, 6.07) is 2.76. The Balaban J connectivity index is 2.25. The zero-order chi connectivity index (χ0) is 15.4. The standard InChI is InChI=1S/C11H8ClFN4O4/c1-2-20-10-14-9(12)15-11(16-10)21-6-3-4-8(17(18)19)7(13)5-6/h3-5H,2H2,1H3. The van der Waals surface area contributed by atoms with Crippen molar-refractivity contribution in [2.45, 2.75) is 6.92 Å². The Morgan fingerprint density at radius 2 is 2.05 bits per heavy atom. The lowest BCUT2D eigenvalue weighted by atomic mass is 10.3. The maximum atomic E-state index is 13.5. The van der Waals surface area contributed by atoms with Crippen molar-refractivity contribution in [1.82, 2.24) is 15.0 Å². The van der Waals surface area contributed by atoms with Gasteiger partial charge in [-0.1, -0.05) is 0 Å². The van der Waals surface area contributed by atoms with Crippen LogP contribution < -0.4 is 9.47 Å². The molecule has 0 amide bonds. The van der Waals surface area contributed by atoms with Gasteiger partial charge in [-0.05, 0) is 24.6 Å². The van der Waals surface area contributed by atoms with E-state index in [2.05, 4.69) is 15.0 Å². The van der Waals surface area contributed by atoms with Crippen LogP contribution in [0.1, 0.15) is 6.92 Å². The first-order valence-corrected chi connectivity index (χ1v) is 6.03. The van der Waals surface area contributed by atoms with Crippen molar-refractivity contribution in [3.05, 3.63) is 39.4 Å². The minimum Gasteiger partial charge on any atom is -0.464 e. The molecule has 1 aromatic carbocycles. The maximum Gasteiger partial charge on any atom is 0.329 e. The quantitative estimate of drug-likeness (QED) is 0.617. The van der Waals surface area contributed by atoms with E-state index in [1.54, 1.807) is 6.92 Å². The molecular weight excluding hydrogens is 307 g/mol. The van der Waals surface area contributed by atoms with Crippen LogP contribution in [0.25, 0.3) is 0 Å². The van der Waals surface area contributed by atoms with Gasteiger partial charge < -0.3 is 9.47 Å². The summed E-state index contributed by atoms with van der Waals surface area (Å²) in [6.07, 6.45) is 0. The van der Waals surface area contributed by atoms with Crippen LogP contribution in [0.5, 0.6) is 17.8 Å². The molecular formula is C11H8ClFN4O4. The second kappa shape index (κ2) is 6.27. The van der Waals surface area contributed by atoms with Crippen molar-refractivity contribution in [3.63, 3.8) is 0 Å². The highest BCUT2D eigenvalue weighted by molar-refractivity contribution is 6.28. The Kier molecular flexibility index (Phi) is 4.43. The lowest BCUT2D eigenvalue weighted by Crippen LogP contribution is -2.01. The lowest BCUT2D eigenvalue weighted by Gasteiger charge is -2.06. The molecule has 0 fully saturated rings. The van der Waals surface area contributed by atoms with Gasteiger partial charge in [-0.3, -0.25) is 10.1 Å². The molecule has 0 saturated carbocycles. The SMILES string of the molecule is CCOc1nc(Cl)nc(Oc2ccc([N+](=O)[O-])c(F)c2)n1. The smallest absolute Gasteiger partial charge is 0.329 e. The summed E-state index contributed by atoms with van der Waals surface area (Å²) >= 11 is 5.66. The zero-order valence-electron chi connectivity index (χ0n) is 10.6. The van der Waals surface area contributed by atoms with Crippen molar-refractivity contribution in [2.75, 3.05) is 6.61 Å². The number of ether oxygens (including phenoxy) is 2. The van der Waals surface area contributed by atoms with Gasteiger partial charge in [-0.25, -0.2) is 0 Å². The summed E-state index contributed by atoms with van der Waals surface area (Å²) in [7, 11) is 0. The van der Waals surface area contributed by atoms with E-state index < -0.39 is 16.4 Å². The van der Waals surface area contributed by atoms with E-state index in [1.165, 1.54) is 6.07 Å². The van der Waals surface area contributed by atoms with E-state index in [0.29, 0.717) is 6.61 Å². The lowest BCUT2D eigenvalue weighted by molar-refractivity contribution is -0.387. The second-order valence-corrected chi connectivity index (χ2v) is 3.91. The van der Waals surface area contributed by atoms with Crippen LogP contribution in [-0.4, -0.2) is 26.5 Å². The molecule has 10 heteroatoms. The van der Waals surface area contributed by atoms with E-state index in [0.717, 1.165) is 12.1 Å². The van der Waals surface area contributed by atoms with Crippen molar-refractivity contribution in [2.24, 2.45) is 0 Å². The molecule has 21 heavy (non-hydrogen) atoms. The molecule has 1 aromatic heterocycles. The zero-order valence-corrected chi connectivity index (χ0v) is 11.4. The molecule has 0 atom stereocenters. The summed E-state index contributed by atoms with van der Waals surface area (Å²) in [5.41, 5.74) is -0.661. The van der Waals surface area contributed by atoms with Crippen molar-refractivity contribution in [3.8, 4) is 17.8 Å². The van der Waals surface area contributed by atoms with Crippen LogP contribution in [0.4, 0.5) is 10.1 Å². The molecule has 0 aliphatic carbocycles. The predicted octanol–water partition coefficient (Wildman–Crippen LogP) is 2.76. The number of halogens is 2. The first kappa shape index (κ1) is 14.9. The molecule has 2 rings (SSSR count). The average Bonchev–Trinajstić information content (AvgIpc) is 2.37. The van der Waals surface area contributed by atoms with E-state index in [4.69, 9.17) is 21.1 Å². The number of hydrogen-bond donors (Lipinski definition) is 0. The minimum atomic E-state index is -1.04. The van der Waals surface area contributed by atoms with Crippen LogP contribution in [-0.2, 0) is 0 Å². The van der Waals surface area contributed by atoms with E-state index in [-0.39, 0.29) is 23.1 Å². The molecule has 0 spiro atoms. The Morgan fingerprint density at radius 3 is 2.67 bits per heavy atom. The number of rotatable bonds is 5. The molecule has 110 valence electrons. The molecule has 0 unspecified atom stereocenters. The van der Waals surface area contributed by atoms with Gasteiger partial charge in [0.1, 0.15) is 5.75 Å². The number of hydrogen-bond acceptors (Lipinski definition) is 7. The van der Waals surface area contributed by atoms with Crippen molar-refractivity contribution < 1.29 is 18.8 Å². The highest BCUT2D eigenvalue weighted by atomic mass is 35.5. The second-order valence-electron chi connectivity index (χ2n) is 3.57. The van der Waals surface area contributed by atoms with E-state index >= 15 is 0 Å². The van der Waals surface area contributed by atoms with Gasteiger partial charge in [-0.2, -0.15) is 14.4 Å². The number of nitro groups is 1. The van der Waals surface area contributed by atoms with Gasteiger partial charge in [0.25, 0.3) is 0 Å². The number of nitro benzene ring substituents is 1. The van der Waals surface area contributed by atoms with Crippen molar-refractivity contribution >= 4 is 17.3 Å². The van der Waals surface area contributed by atoms with Crippen molar-refractivity contribution in [1.29, 1.82) is 0 Å². The number of aromatic nitrogens is 3. The van der Waals surface area contributed by atoms with E-state index in [1.807, 2.05) is 0 Å². The van der Waals surface area contributed by atoms with E-state index in [9.17, 15) is 14.5 Å². The molecule has 1 heterocycles. The average molecular weight is 315 g/mol. The fraction of sp³-hybridized carbons (Fsp3) is 0.182. The molecule has 0 aliphatic heterocycles. The summed E-state index contributed by atoms with van der Waals surface area (Å²) in [5, 5.41) is 10.3. The third-order valence-corrected chi connectivity index (χ3v) is 2.33. The molecule has 2 aromatic rings. The normalized spacial score (nSPS) is 10.2. The summed E-state index contributed by atoms with van der Waals surface area (Å²) in [5.74, 6) is -1.06. The molecule has 0 aliphatic rings.